The summed E-state index contributed by atoms with van der Waals surface area (Å²) in [6.07, 6.45) is 0.941. The van der Waals surface area contributed by atoms with Gasteiger partial charge in [-0.2, -0.15) is 5.01 Å². The fourth-order valence-corrected chi connectivity index (χ4v) is 1.09. The third kappa shape index (κ3) is 6.31. The van der Waals surface area contributed by atoms with Crippen molar-refractivity contribution in [2.75, 3.05) is 18.6 Å². The van der Waals surface area contributed by atoms with Crippen LogP contribution in [0.2, 0.25) is 0 Å². The van der Waals surface area contributed by atoms with Gasteiger partial charge in [0.15, 0.2) is 5.03 Å². The monoisotopic (exact) mass is 239 g/mol. The van der Waals surface area contributed by atoms with Gasteiger partial charge in [-0.3, -0.25) is 0 Å². The van der Waals surface area contributed by atoms with Crippen LogP contribution >= 0.6 is 0 Å². The van der Waals surface area contributed by atoms with E-state index in [1.54, 1.807) is 0 Å². The number of nitro groups is 1. The molecule has 0 unspecified atom stereocenters. The van der Waals surface area contributed by atoms with E-state index in [0.717, 1.165) is 6.26 Å². The fraction of sp³-hybridized carbons (Fsp3) is 0.750. The van der Waals surface area contributed by atoms with Gasteiger partial charge in [0.1, 0.15) is 14.9 Å². The minimum Gasteiger partial charge on any atom is -0.363 e. The Hall–Kier alpha value is -1.78. The Morgan fingerprint density at radius 3 is 2.47 bits per heavy atom. The summed E-state index contributed by atoms with van der Waals surface area (Å²) in [5.74, 6) is -1.18. The molecule has 0 aliphatic carbocycles. The predicted octanol–water partition coefficient (Wildman–Crippen LogP) is -1.48. The first-order chi connectivity index (χ1) is 6.76. The van der Waals surface area contributed by atoms with Crippen molar-refractivity contribution < 1.29 is 13.5 Å². The number of hydrogen-bond donors (Lipinski definition) is 1. The van der Waals surface area contributed by atoms with Crippen LogP contribution in [0, 0.1) is 15.0 Å². The van der Waals surface area contributed by atoms with E-state index in [4.69, 9.17) is 5.73 Å². The zero-order valence-electron chi connectivity index (χ0n) is 7.73. The molecule has 86 valence electrons. The Labute approximate surface area is 84.7 Å². The number of rotatable bonds is 5. The molecule has 11 heteroatoms. The van der Waals surface area contributed by atoms with Gasteiger partial charge in [-0.1, -0.05) is 0 Å². The van der Waals surface area contributed by atoms with Crippen molar-refractivity contribution in [2.45, 2.75) is 0 Å². The Balaban J connectivity index is 4.51. The first-order valence-electron chi connectivity index (χ1n) is 3.53. The zero-order chi connectivity index (χ0) is 12.1. The first-order valence-corrected chi connectivity index (χ1v) is 5.59. The van der Waals surface area contributed by atoms with E-state index in [1.807, 2.05) is 0 Å². The van der Waals surface area contributed by atoms with E-state index in [1.165, 1.54) is 0 Å². The van der Waals surface area contributed by atoms with Gasteiger partial charge in [-0.05, 0) is 0 Å². The highest BCUT2D eigenvalue weighted by Gasteiger charge is 2.14. The normalized spacial score (nSPS) is 12.2. The quantitative estimate of drug-likeness (QED) is 0.202. The number of guanidine groups is 1. The zero-order valence-corrected chi connectivity index (χ0v) is 8.55. The number of nitroso groups, excluding NO2 is 1. The third-order valence-corrected chi connectivity index (χ3v) is 2.15. The standard InChI is InChI=1S/C4H9N5O5S/c1-15(13,14)3-2-8(7-10)4(5)6-9(11)12/h2-3H2,1H3,(H2,5,6). The maximum Gasteiger partial charge on any atom is 0.291 e. The number of nitrogens with zero attached hydrogens (tertiary/aromatic N) is 4. The van der Waals surface area contributed by atoms with Gasteiger partial charge >= 0.3 is 0 Å². The molecule has 2 N–H and O–H groups in total. The molecule has 0 aromatic rings. The Morgan fingerprint density at radius 1 is 1.60 bits per heavy atom. The first kappa shape index (κ1) is 13.2. The lowest BCUT2D eigenvalue weighted by Crippen LogP contribution is -2.36. The highest BCUT2D eigenvalue weighted by Crippen LogP contribution is 1.92. The van der Waals surface area contributed by atoms with E-state index in [2.05, 4.69) is 10.4 Å². The van der Waals surface area contributed by atoms with Crippen molar-refractivity contribution in [3.05, 3.63) is 15.0 Å². The third-order valence-electron chi connectivity index (χ3n) is 1.22. The molecule has 0 saturated heterocycles. The van der Waals surface area contributed by atoms with Gasteiger partial charge in [0.05, 0.1) is 17.6 Å². The largest absolute Gasteiger partial charge is 0.363 e. The van der Waals surface area contributed by atoms with Gasteiger partial charge in [-0.25, -0.2) is 18.5 Å². The Morgan fingerprint density at radius 2 is 2.13 bits per heavy atom. The summed E-state index contributed by atoms with van der Waals surface area (Å²) in [7, 11) is -3.31. The predicted molar refractivity (Wildman–Crippen MR) is 50.8 cm³/mol. The van der Waals surface area contributed by atoms with E-state index >= 15 is 0 Å². The summed E-state index contributed by atoms with van der Waals surface area (Å²) in [5.41, 5.74) is 5.00. The van der Waals surface area contributed by atoms with Crippen molar-refractivity contribution >= 4 is 15.8 Å². The fourth-order valence-electron chi connectivity index (χ4n) is 0.585. The number of sulfone groups is 1. The van der Waals surface area contributed by atoms with Crippen LogP contribution in [0.5, 0.6) is 0 Å². The van der Waals surface area contributed by atoms with E-state index in [0.29, 0.717) is 5.01 Å². The highest BCUT2D eigenvalue weighted by atomic mass is 32.2. The maximum absolute atomic E-state index is 10.7. The maximum atomic E-state index is 10.7. The lowest BCUT2D eigenvalue weighted by molar-refractivity contribution is -0.485. The SMILES string of the molecule is CS(=O)(=O)CCN(N=O)/C(N)=N\[N+](=O)[O-]. The minimum atomic E-state index is -3.31. The van der Waals surface area contributed by atoms with Crippen LogP contribution in [0.4, 0.5) is 0 Å². The molecule has 0 aromatic heterocycles. The van der Waals surface area contributed by atoms with Crippen molar-refractivity contribution in [2.24, 2.45) is 16.1 Å². The molecule has 0 heterocycles. The Kier molecular flexibility index (Phi) is 4.57. The number of nitrogens with two attached hydrogens (primary N) is 1. The Bertz CT molecular complexity index is 375. The molecular formula is C4H9N5O5S. The molecular weight excluding hydrogens is 230 g/mol. The van der Waals surface area contributed by atoms with Crippen molar-refractivity contribution in [1.29, 1.82) is 0 Å². The summed E-state index contributed by atoms with van der Waals surface area (Å²) < 4.78 is 21.4. The second-order valence-corrected chi connectivity index (χ2v) is 4.79. The van der Waals surface area contributed by atoms with E-state index < -0.39 is 26.6 Å². The molecule has 10 nitrogen and oxygen atoms in total. The van der Waals surface area contributed by atoms with Crippen LogP contribution in [0.15, 0.2) is 10.4 Å². The van der Waals surface area contributed by atoms with Crippen molar-refractivity contribution in [1.82, 2.24) is 5.01 Å². The molecule has 0 rings (SSSR count). The van der Waals surface area contributed by atoms with Crippen LogP contribution in [0.25, 0.3) is 0 Å². The average molecular weight is 239 g/mol. The van der Waals surface area contributed by atoms with Crippen LogP contribution in [-0.4, -0.2) is 43.0 Å². The summed E-state index contributed by atoms with van der Waals surface area (Å²) in [5, 5.41) is 14.1. The van der Waals surface area contributed by atoms with Crippen LogP contribution in [0.1, 0.15) is 0 Å². The highest BCUT2D eigenvalue weighted by molar-refractivity contribution is 7.90. The molecule has 0 aliphatic rings. The van der Waals surface area contributed by atoms with Gasteiger partial charge in [-0.15, -0.1) is 4.91 Å². The van der Waals surface area contributed by atoms with Crippen LogP contribution in [-0.2, 0) is 9.84 Å². The number of hydrogen-bond acceptors (Lipinski definition) is 6. The van der Waals surface area contributed by atoms with Gasteiger partial charge in [0.2, 0.25) is 0 Å². The molecule has 0 fully saturated rings. The van der Waals surface area contributed by atoms with Gasteiger partial charge < -0.3 is 5.73 Å². The second kappa shape index (κ2) is 5.19. The van der Waals surface area contributed by atoms with E-state index in [9.17, 15) is 23.4 Å². The minimum absolute atomic E-state index is 0.383. The van der Waals surface area contributed by atoms with Crippen molar-refractivity contribution in [3.63, 3.8) is 0 Å². The number of hydrazone groups is 1. The summed E-state index contributed by atoms with van der Waals surface area (Å²) >= 11 is 0. The molecule has 0 aliphatic heterocycles. The van der Waals surface area contributed by atoms with Crippen LogP contribution < -0.4 is 5.73 Å². The lowest BCUT2D eigenvalue weighted by Gasteiger charge is -2.09. The molecule has 0 bridgehead atoms. The summed E-state index contributed by atoms with van der Waals surface area (Å²) in [4.78, 5) is 20.0. The van der Waals surface area contributed by atoms with Crippen LogP contribution in [0.3, 0.4) is 0 Å². The molecule has 0 radical (unpaired) electrons. The second-order valence-electron chi connectivity index (χ2n) is 2.53. The lowest BCUT2D eigenvalue weighted by atomic mass is 10.7. The average Bonchev–Trinajstić information content (AvgIpc) is 2.01. The van der Waals surface area contributed by atoms with Crippen molar-refractivity contribution in [3.8, 4) is 0 Å². The summed E-state index contributed by atoms with van der Waals surface area (Å²) in [6, 6.07) is 0. The molecule has 0 saturated carbocycles. The molecule has 0 spiro atoms. The summed E-state index contributed by atoms with van der Waals surface area (Å²) in [6.45, 7) is -0.383. The topological polar surface area (TPSA) is 148 Å². The van der Waals surface area contributed by atoms with E-state index in [-0.39, 0.29) is 6.54 Å². The molecule has 15 heavy (non-hydrogen) atoms. The van der Waals surface area contributed by atoms with Gasteiger partial charge in [0, 0.05) is 6.26 Å². The molecule has 0 aromatic carbocycles. The molecule has 0 amide bonds. The molecule has 0 atom stereocenters. The van der Waals surface area contributed by atoms with Gasteiger partial charge in [0.25, 0.3) is 5.96 Å². The smallest absolute Gasteiger partial charge is 0.291 e.